The van der Waals surface area contributed by atoms with Gasteiger partial charge in [0.2, 0.25) is 21.7 Å². The number of aryl methyl sites for hydroxylation is 1. The predicted octanol–water partition coefficient (Wildman–Crippen LogP) is 5.04. The Labute approximate surface area is 231 Å². The largest absolute Gasteiger partial charge is 0.492 e. The smallest absolute Gasteiger partial charge is 0.277 e. The highest BCUT2D eigenvalue weighted by molar-refractivity contribution is 7.91. The van der Waals surface area contributed by atoms with Crippen LogP contribution in [0, 0.1) is 24.2 Å². The van der Waals surface area contributed by atoms with Crippen molar-refractivity contribution in [3.8, 4) is 23.1 Å². The molecule has 0 saturated carbocycles. The molecule has 40 heavy (non-hydrogen) atoms. The number of fused-ring (bicyclic) bond motifs is 1. The van der Waals surface area contributed by atoms with Crippen LogP contribution in [0.1, 0.15) is 60.3 Å². The Kier molecular flexibility index (Phi) is 7.25. The summed E-state index contributed by atoms with van der Waals surface area (Å²) in [6.07, 6.45) is 4.25. The third kappa shape index (κ3) is 4.56. The standard InChI is InChI=1S/C30H27FN4O4S/c1-3-4-8-26-34-29(36)27(30(37)35(26)25-14-13-23-20(17-32)6-5-7-24(23)25)40(38,39)21-11-9-19(10-12-21)22-15-16-33-28(31)18(22)2/h5-7,9-12,15-16,25,36H,3-4,8,13-14H2,1-2H3/t25-/m0/s1. The van der Waals surface area contributed by atoms with Gasteiger partial charge in [0.1, 0.15) is 5.82 Å². The minimum Gasteiger partial charge on any atom is -0.492 e. The number of benzene rings is 2. The minimum atomic E-state index is -4.48. The quantitative estimate of drug-likeness (QED) is 0.315. The lowest BCUT2D eigenvalue weighted by atomic mass is 10.0. The van der Waals surface area contributed by atoms with E-state index in [1.54, 1.807) is 25.1 Å². The summed E-state index contributed by atoms with van der Waals surface area (Å²) in [5, 5.41) is 20.4. The van der Waals surface area contributed by atoms with E-state index in [2.05, 4.69) is 16.0 Å². The zero-order valence-electron chi connectivity index (χ0n) is 22.1. The number of aromatic nitrogens is 3. The first-order valence-electron chi connectivity index (χ1n) is 13.0. The molecule has 204 valence electrons. The van der Waals surface area contributed by atoms with Crippen molar-refractivity contribution in [1.82, 2.24) is 14.5 Å². The maximum absolute atomic E-state index is 14.0. The second-order valence-electron chi connectivity index (χ2n) is 9.80. The summed E-state index contributed by atoms with van der Waals surface area (Å²) >= 11 is 0. The Hall–Kier alpha value is -4.36. The van der Waals surface area contributed by atoms with Crippen LogP contribution < -0.4 is 5.56 Å². The molecule has 0 aliphatic heterocycles. The molecule has 0 amide bonds. The molecule has 1 aliphatic carbocycles. The molecule has 5 rings (SSSR count). The van der Waals surface area contributed by atoms with Gasteiger partial charge in [0, 0.05) is 18.2 Å². The van der Waals surface area contributed by atoms with Gasteiger partial charge in [0.15, 0.2) is 4.90 Å². The van der Waals surface area contributed by atoms with Crippen molar-refractivity contribution in [2.45, 2.75) is 61.8 Å². The van der Waals surface area contributed by atoms with E-state index in [0.29, 0.717) is 53.8 Å². The number of rotatable bonds is 7. The van der Waals surface area contributed by atoms with E-state index in [9.17, 15) is 28.0 Å². The van der Waals surface area contributed by atoms with E-state index < -0.39 is 38.2 Å². The number of unbranched alkanes of at least 4 members (excludes halogenated alkanes) is 1. The molecule has 4 aromatic rings. The van der Waals surface area contributed by atoms with Crippen molar-refractivity contribution >= 4 is 9.84 Å². The van der Waals surface area contributed by atoms with Crippen LogP contribution in [-0.2, 0) is 22.7 Å². The number of nitrogens with zero attached hydrogens (tertiary/aromatic N) is 4. The van der Waals surface area contributed by atoms with Crippen LogP contribution in [-0.4, -0.2) is 28.1 Å². The first-order valence-corrected chi connectivity index (χ1v) is 14.5. The average Bonchev–Trinajstić information content (AvgIpc) is 3.37. The van der Waals surface area contributed by atoms with E-state index in [1.807, 2.05) is 13.0 Å². The zero-order valence-corrected chi connectivity index (χ0v) is 22.9. The Balaban J connectivity index is 1.64. The van der Waals surface area contributed by atoms with Crippen molar-refractivity contribution in [1.29, 1.82) is 5.26 Å². The third-order valence-corrected chi connectivity index (χ3v) is 9.23. The lowest BCUT2D eigenvalue weighted by Crippen LogP contribution is -2.33. The van der Waals surface area contributed by atoms with E-state index in [4.69, 9.17) is 0 Å². The van der Waals surface area contributed by atoms with Gasteiger partial charge < -0.3 is 5.11 Å². The fourth-order valence-electron chi connectivity index (χ4n) is 5.38. The maximum atomic E-state index is 14.0. The number of sulfone groups is 1. The van der Waals surface area contributed by atoms with Crippen LogP contribution in [0.3, 0.4) is 0 Å². The molecule has 0 spiro atoms. The summed E-state index contributed by atoms with van der Waals surface area (Å²) in [5.74, 6) is -1.16. The van der Waals surface area contributed by atoms with Gasteiger partial charge in [0.05, 0.1) is 22.6 Å². The van der Waals surface area contributed by atoms with E-state index in [0.717, 1.165) is 17.5 Å². The Morgan fingerprint density at radius 3 is 2.62 bits per heavy atom. The molecule has 1 aliphatic rings. The molecule has 2 aromatic carbocycles. The van der Waals surface area contributed by atoms with E-state index >= 15 is 0 Å². The van der Waals surface area contributed by atoms with Gasteiger partial charge in [-0.2, -0.15) is 14.6 Å². The third-order valence-electron chi connectivity index (χ3n) is 7.44. The normalized spacial score (nSPS) is 14.6. The highest BCUT2D eigenvalue weighted by Gasteiger charge is 2.34. The molecular formula is C30H27FN4O4S. The summed E-state index contributed by atoms with van der Waals surface area (Å²) < 4.78 is 42.9. The highest BCUT2D eigenvalue weighted by Crippen LogP contribution is 2.37. The lowest BCUT2D eigenvalue weighted by Gasteiger charge is -2.21. The van der Waals surface area contributed by atoms with E-state index in [1.165, 1.54) is 35.0 Å². The maximum Gasteiger partial charge on any atom is 0.277 e. The molecule has 1 atom stereocenters. The van der Waals surface area contributed by atoms with Crippen LogP contribution in [0.4, 0.5) is 4.39 Å². The summed E-state index contributed by atoms with van der Waals surface area (Å²) in [6, 6.07) is 14.3. The van der Waals surface area contributed by atoms with Crippen LogP contribution in [0.15, 0.2) is 69.3 Å². The van der Waals surface area contributed by atoms with Gasteiger partial charge in [-0.15, -0.1) is 0 Å². The number of hydrogen-bond donors (Lipinski definition) is 1. The van der Waals surface area contributed by atoms with Gasteiger partial charge in [-0.25, -0.2) is 13.4 Å². The molecular weight excluding hydrogens is 531 g/mol. The SMILES string of the molecule is CCCCc1nc(O)c(S(=O)(=O)c2ccc(-c3ccnc(F)c3C)cc2)c(=O)n1[C@H]1CCc2c(C#N)cccc21. The topological polar surface area (TPSA) is 126 Å². The number of halogens is 1. The van der Waals surface area contributed by atoms with Gasteiger partial charge >= 0.3 is 0 Å². The molecule has 0 unspecified atom stereocenters. The van der Waals surface area contributed by atoms with E-state index in [-0.39, 0.29) is 4.90 Å². The summed E-state index contributed by atoms with van der Waals surface area (Å²) in [5.41, 5.74) is 2.73. The molecule has 8 nitrogen and oxygen atoms in total. The molecule has 10 heteroatoms. The second-order valence-corrected chi connectivity index (χ2v) is 11.7. The van der Waals surface area contributed by atoms with Crippen molar-refractivity contribution in [2.24, 2.45) is 0 Å². The fraction of sp³-hybridized carbons (Fsp3) is 0.267. The molecule has 0 radical (unpaired) electrons. The predicted molar refractivity (Wildman–Crippen MR) is 146 cm³/mol. The van der Waals surface area contributed by atoms with Gasteiger partial charge in [-0.05, 0) is 72.7 Å². The Bertz CT molecular complexity index is 1830. The zero-order chi connectivity index (χ0) is 28.6. The van der Waals surface area contributed by atoms with Gasteiger partial charge in [-0.1, -0.05) is 37.6 Å². The van der Waals surface area contributed by atoms with Crippen molar-refractivity contribution in [3.05, 3.63) is 99.1 Å². The number of pyridine rings is 1. The van der Waals surface area contributed by atoms with Crippen LogP contribution in [0.25, 0.3) is 11.1 Å². The second kappa shape index (κ2) is 10.7. The summed E-state index contributed by atoms with van der Waals surface area (Å²) in [4.78, 5) is 20.8. The highest BCUT2D eigenvalue weighted by atomic mass is 32.2. The van der Waals surface area contributed by atoms with Crippen LogP contribution in [0.2, 0.25) is 0 Å². The minimum absolute atomic E-state index is 0.205. The summed E-state index contributed by atoms with van der Waals surface area (Å²) in [7, 11) is -4.48. The van der Waals surface area contributed by atoms with Gasteiger partial charge in [-0.3, -0.25) is 9.36 Å². The van der Waals surface area contributed by atoms with Crippen molar-refractivity contribution < 1.29 is 17.9 Å². The van der Waals surface area contributed by atoms with Gasteiger partial charge in [0.25, 0.3) is 5.56 Å². The molecule has 0 saturated heterocycles. The lowest BCUT2D eigenvalue weighted by molar-refractivity contribution is 0.408. The molecule has 2 heterocycles. The monoisotopic (exact) mass is 558 g/mol. The van der Waals surface area contributed by atoms with Crippen molar-refractivity contribution in [2.75, 3.05) is 0 Å². The summed E-state index contributed by atoms with van der Waals surface area (Å²) in [6.45, 7) is 3.56. The Morgan fingerprint density at radius 1 is 1.18 bits per heavy atom. The molecule has 0 bridgehead atoms. The Morgan fingerprint density at radius 2 is 1.93 bits per heavy atom. The number of nitriles is 1. The molecule has 1 N–H and O–H groups in total. The first kappa shape index (κ1) is 27.2. The average molecular weight is 559 g/mol. The molecule has 2 aromatic heterocycles. The van der Waals surface area contributed by atoms with Crippen LogP contribution in [0.5, 0.6) is 5.88 Å². The fourth-order valence-corrected chi connectivity index (χ4v) is 6.72. The molecule has 0 fully saturated rings. The first-order chi connectivity index (χ1) is 19.2. The van der Waals surface area contributed by atoms with Crippen molar-refractivity contribution in [3.63, 3.8) is 0 Å². The number of hydrogen-bond acceptors (Lipinski definition) is 7. The van der Waals surface area contributed by atoms with Crippen LogP contribution >= 0.6 is 0 Å². The number of aromatic hydroxyl groups is 1.